The van der Waals surface area contributed by atoms with Crippen LogP contribution in [-0.4, -0.2) is 75.6 Å². The molecule has 0 rings (SSSR count). The van der Waals surface area contributed by atoms with Gasteiger partial charge in [-0.25, -0.2) is 4.79 Å². The Morgan fingerprint density at radius 1 is 0.763 bits per heavy atom. The molecular weight excluding hydrogens is 494 g/mol. The Morgan fingerprint density at radius 3 is 1.61 bits per heavy atom. The first-order valence-electron chi connectivity index (χ1n) is 13.1. The Bertz CT molecular complexity index is 872. The van der Waals surface area contributed by atoms with E-state index in [0.717, 1.165) is 0 Å². The number of carboxylic acids is 1. The van der Waals surface area contributed by atoms with E-state index in [4.69, 9.17) is 11.5 Å². The Balaban J connectivity index is 6.80. The molecule has 0 radical (unpaired) electrons. The van der Waals surface area contributed by atoms with Crippen LogP contribution in [0.1, 0.15) is 75.2 Å². The van der Waals surface area contributed by atoms with Crippen molar-refractivity contribution in [3.05, 3.63) is 0 Å². The van der Waals surface area contributed by atoms with Gasteiger partial charge in [0.2, 0.25) is 17.6 Å². The van der Waals surface area contributed by atoms with E-state index < -0.39 is 77.4 Å². The predicted molar refractivity (Wildman–Crippen MR) is 142 cm³/mol. The number of nitrogens with zero attached hydrogens (tertiary/aromatic N) is 1. The number of nitrogens with two attached hydrogens (primary N) is 2. The summed E-state index contributed by atoms with van der Waals surface area (Å²) in [5.74, 6) is -7.74. The minimum absolute atomic E-state index is 0.0628. The molecule has 0 saturated heterocycles. The van der Waals surface area contributed by atoms with Gasteiger partial charge in [0.1, 0.15) is 18.1 Å². The average molecular weight is 542 g/mol. The number of ketones is 1. The van der Waals surface area contributed by atoms with Crippen LogP contribution in [0.5, 0.6) is 0 Å². The van der Waals surface area contributed by atoms with Crippen molar-refractivity contribution in [3.8, 4) is 0 Å². The summed E-state index contributed by atoms with van der Waals surface area (Å²) in [6.07, 6.45) is 0.0440. The van der Waals surface area contributed by atoms with E-state index in [9.17, 15) is 33.9 Å². The first kappa shape index (κ1) is 35.1. The lowest BCUT2D eigenvalue weighted by Crippen LogP contribution is -2.63. The molecule has 4 amide bonds. The van der Waals surface area contributed by atoms with E-state index in [-0.39, 0.29) is 24.7 Å². The Morgan fingerprint density at radius 2 is 1.24 bits per heavy atom. The van der Waals surface area contributed by atoms with Crippen LogP contribution in [0.3, 0.4) is 0 Å². The van der Waals surface area contributed by atoms with Crippen LogP contribution in [0.2, 0.25) is 0 Å². The van der Waals surface area contributed by atoms with Gasteiger partial charge in [-0.3, -0.25) is 28.9 Å². The van der Waals surface area contributed by atoms with Gasteiger partial charge in [-0.1, -0.05) is 62.3 Å². The van der Waals surface area contributed by atoms with Gasteiger partial charge in [0, 0.05) is 0 Å². The van der Waals surface area contributed by atoms with Crippen molar-refractivity contribution < 1.29 is 33.9 Å². The summed E-state index contributed by atoms with van der Waals surface area (Å²) < 4.78 is 0. The van der Waals surface area contributed by atoms with Crippen molar-refractivity contribution in [2.24, 2.45) is 35.1 Å². The molecule has 0 saturated carbocycles. The second-order valence-corrected chi connectivity index (χ2v) is 11.1. The smallest absolute Gasteiger partial charge is 0.326 e. The third kappa shape index (κ3) is 9.79. The molecule has 0 aliphatic heterocycles. The molecule has 0 aromatic rings. The van der Waals surface area contributed by atoms with Crippen LogP contribution < -0.4 is 22.1 Å². The third-order valence-corrected chi connectivity index (χ3v) is 6.23. The first-order valence-corrected chi connectivity index (χ1v) is 13.1. The van der Waals surface area contributed by atoms with Crippen LogP contribution in [0.25, 0.3) is 0 Å². The van der Waals surface area contributed by atoms with Crippen LogP contribution in [0.4, 0.5) is 0 Å². The number of amides is 4. The quantitative estimate of drug-likeness (QED) is 0.182. The molecule has 38 heavy (non-hydrogen) atoms. The van der Waals surface area contributed by atoms with Gasteiger partial charge >= 0.3 is 5.97 Å². The summed E-state index contributed by atoms with van der Waals surface area (Å²) in [5.41, 5.74) is 11.8. The maximum absolute atomic E-state index is 13.9. The number of carbonyl (C=O) groups is 6. The summed E-state index contributed by atoms with van der Waals surface area (Å²) >= 11 is 0. The van der Waals surface area contributed by atoms with Crippen molar-refractivity contribution in [1.82, 2.24) is 15.5 Å². The number of carbonyl (C=O) groups excluding carboxylic acids is 5. The van der Waals surface area contributed by atoms with E-state index in [1.165, 1.54) is 0 Å². The Hall–Kier alpha value is -2.86. The van der Waals surface area contributed by atoms with Crippen molar-refractivity contribution >= 4 is 35.4 Å². The van der Waals surface area contributed by atoms with Crippen LogP contribution in [-0.2, 0) is 28.8 Å². The van der Waals surface area contributed by atoms with E-state index in [1.807, 2.05) is 0 Å². The summed E-state index contributed by atoms with van der Waals surface area (Å²) in [7, 11) is 0. The molecule has 0 aliphatic rings. The zero-order valence-electron chi connectivity index (χ0n) is 24.1. The summed E-state index contributed by atoms with van der Waals surface area (Å²) in [4.78, 5) is 78.7. The van der Waals surface area contributed by atoms with Crippen molar-refractivity contribution in [2.45, 2.75) is 105 Å². The van der Waals surface area contributed by atoms with Gasteiger partial charge in [-0.2, -0.15) is 0 Å². The molecule has 12 nitrogen and oxygen atoms in total. The number of carboxylic acid groups (broad SMARTS) is 1. The summed E-state index contributed by atoms with van der Waals surface area (Å²) in [5, 5.41) is 14.5. The normalized spacial score (nSPS) is 15.6. The van der Waals surface area contributed by atoms with Crippen molar-refractivity contribution in [3.63, 3.8) is 0 Å². The molecule has 7 N–H and O–H groups in total. The molecule has 0 heterocycles. The minimum Gasteiger partial charge on any atom is -0.480 e. The van der Waals surface area contributed by atoms with Gasteiger partial charge in [0.05, 0.1) is 12.1 Å². The highest BCUT2D eigenvalue weighted by atomic mass is 16.4. The van der Waals surface area contributed by atoms with Gasteiger partial charge in [0.15, 0.2) is 0 Å². The maximum atomic E-state index is 13.9. The molecule has 0 spiro atoms. The SMILES string of the molecule is CC[C@H](N)C(=O)C(=O)N(C(=O)[C@@H](NC(=O)[C@@H](N)C(C)C)C(C)C)[C@H](CC(C)C)C(=O)N[C@H](C(=O)O)C(C)C. The van der Waals surface area contributed by atoms with Gasteiger partial charge in [-0.05, 0) is 36.5 Å². The lowest BCUT2D eigenvalue weighted by Gasteiger charge is -2.35. The fourth-order valence-electron chi connectivity index (χ4n) is 3.61. The molecule has 0 aromatic heterocycles. The van der Waals surface area contributed by atoms with E-state index in [0.29, 0.717) is 4.90 Å². The molecule has 218 valence electrons. The number of nitrogens with one attached hydrogen (secondary N) is 2. The second kappa shape index (κ2) is 15.5. The summed E-state index contributed by atoms with van der Waals surface area (Å²) in [6.45, 7) is 15.0. The number of rotatable bonds is 15. The van der Waals surface area contributed by atoms with Crippen molar-refractivity contribution in [2.75, 3.05) is 0 Å². The molecule has 0 unspecified atom stereocenters. The second-order valence-electron chi connectivity index (χ2n) is 11.1. The monoisotopic (exact) mass is 541 g/mol. The standard InChI is InChI=1S/C26H47N5O7/c1-10-16(27)21(32)25(36)31(24(35)19(14(6)7)29-23(34)18(28)13(4)5)17(11-12(2)3)22(33)30-20(15(8)9)26(37)38/h12-20H,10-11,27-28H2,1-9H3,(H,29,34)(H,30,33)(H,37,38)/t16-,17+,18-,19-,20-/m0/s1. The lowest BCUT2D eigenvalue weighted by molar-refractivity contribution is -0.160. The maximum Gasteiger partial charge on any atom is 0.326 e. The fraction of sp³-hybridized carbons (Fsp3) is 0.769. The first-order chi connectivity index (χ1) is 17.4. The van der Waals surface area contributed by atoms with Crippen molar-refractivity contribution in [1.29, 1.82) is 0 Å². The fourth-order valence-corrected chi connectivity index (χ4v) is 3.61. The summed E-state index contributed by atoms with van der Waals surface area (Å²) in [6, 6.07) is -6.29. The highest BCUT2D eigenvalue weighted by Crippen LogP contribution is 2.19. The highest BCUT2D eigenvalue weighted by Gasteiger charge is 2.44. The highest BCUT2D eigenvalue weighted by molar-refractivity contribution is 6.41. The van der Waals surface area contributed by atoms with Crippen LogP contribution >= 0.6 is 0 Å². The third-order valence-electron chi connectivity index (χ3n) is 6.23. The Kier molecular flexibility index (Phi) is 14.4. The number of aliphatic carboxylic acids is 1. The van der Waals surface area contributed by atoms with Crippen LogP contribution in [0.15, 0.2) is 0 Å². The Labute approximate surface area is 225 Å². The number of Topliss-reactive ketones (excluding diaryl/α,β-unsaturated/α-hetero) is 1. The molecule has 12 heteroatoms. The molecule has 0 bridgehead atoms. The largest absolute Gasteiger partial charge is 0.480 e. The van der Waals surface area contributed by atoms with E-state index in [1.54, 1.807) is 62.3 Å². The van der Waals surface area contributed by atoms with Gasteiger partial charge in [0.25, 0.3) is 11.8 Å². The zero-order chi connectivity index (χ0) is 30.1. The van der Waals surface area contributed by atoms with E-state index >= 15 is 0 Å². The molecule has 0 aromatic carbocycles. The molecule has 0 aliphatic carbocycles. The lowest BCUT2D eigenvalue weighted by atomic mass is 9.95. The van der Waals surface area contributed by atoms with E-state index in [2.05, 4.69) is 10.6 Å². The zero-order valence-corrected chi connectivity index (χ0v) is 24.1. The molecule has 5 atom stereocenters. The topological polar surface area (TPSA) is 202 Å². The number of hydrogen-bond acceptors (Lipinski definition) is 8. The predicted octanol–water partition coefficient (Wildman–Crippen LogP) is 0.412. The average Bonchev–Trinajstić information content (AvgIpc) is 2.82. The van der Waals surface area contributed by atoms with Gasteiger partial charge < -0.3 is 27.2 Å². The number of hydrogen-bond donors (Lipinski definition) is 5. The molecular formula is C26H47N5O7. The minimum atomic E-state index is -1.53. The number of imide groups is 1. The molecule has 0 fully saturated rings. The van der Waals surface area contributed by atoms with Gasteiger partial charge in [-0.15, -0.1) is 0 Å². The van der Waals surface area contributed by atoms with Crippen LogP contribution in [0, 0.1) is 23.7 Å².